The molecule has 2 aromatic carbocycles. The highest BCUT2D eigenvalue weighted by atomic mass is 16.6. The minimum absolute atomic E-state index is 0.0696. The molecule has 2 rings (SSSR count). The van der Waals surface area contributed by atoms with Gasteiger partial charge < -0.3 is 15.2 Å². The van der Waals surface area contributed by atoms with Crippen LogP contribution in [0.3, 0.4) is 0 Å². The number of non-ortho nitro benzene ring substituents is 1. The second kappa shape index (κ2) is 5.95. The van der Waals surface area contributed by atoms with Crippen molar-refractivity contribution >= 4 is 22.7 Å². The molecule has 0 aliphatic heterocycles. The monoisotopic (exact) mass is 305 g/mol. The molecule has 0 spiro atoms. The topological polar surface area (TPSA) is 128 Å². The first kappa shape index (κ1) is 15.0. The van der Waals surface area contributed by atoms with E-state index in [1.54, 1.807) is 6.07 Å². The molecule has 9 heteroatoms. The van der Waals surface area contributed by atoms with Crippen LogP contribution in [-0.2, 0) is 0 Å². The summed E-state index contributed by atoms with van der Waals surface area (Å²) in [6, 6.07) is 7.60. The molecule has 0 fully saturated rings. The molecule has 0 radical (unpaired) electrons. The van der Waals surface area contributed by atoms with Gasteiger partial charge in [0.1, 0.15) is 5.69 Å². The van der Waals surface area contributed by atoms with Crippen molar-refractivity contribution in [2.75, 3.05) is 12.4 Å². The average Bonchev–Trinajstić information content (AvgIpc) is 2.47. The lowest BCUT2D eigenvalue weighted by Gasteiger charge is -2.09. The normalized spacial score (nSPS) is 10.0. The van der Waals surface area contributed by atoms with E-state index in [1.807, 2.05) is 0 Å². The molecule has 0 unspecified atom stereocenters. The van der Waals surface area contributed by atoms with Gasteiger partial charge in [0.05, 0.1) is 23.0 Å². The molecule has 0 heterocycles. The fourth-order valence-corrected chi connectivity index (χ4v) is 1.81. The van der Waals surface area contributed by atoms with Gasteiger partial charge in [-0.05, 0) is 18.2 Å². The summed E-state index contributed by atoms with van der Waals surface area (Å²) in [4.78, 5) is 20.3. The van der Waals surface area contributed by atoms with Crippen LogP contribution in [0.5, 0.6) is 11.5 Å². The number of anilines is 2. The molecule has 0 aromatic heterocycles. The number of phenols is 1. The number of phenolic OH excluding ortho intramolecular Hbond substituents is 1. The lowest BCUT2D eigenvalue weighted by Crippen LogP contribution is -1.99. The van der Waals surface area contributed by atoms with Gasteiger partial charge in [-0.15, -0.1) is 0 Å². The van der Waals surface area contributed by atoms with Gasteiger partial charge in [0.2, 0.25) is 0 Å². The number of benzene rings is 2. The molecule has 0 amide bonds. The van der Waals surface area contributed by atoms with Crippen LogP contribution in [-0.4, -0.2) is 22.1 Å². The van der Waals surface area contributed by atoms with Crippen molar-refractivity contribution in [3.05, 3.63) is 56.6 Å². The summed E-state index contributed by atoms with van der Waals surface area (Å²) in [5.74, 6) is 0.112. The smallest absolute Gasteiger partial charge is 0.299 e. The minimum atomic E-state index is -0.723. The summed E-state index contributed by atoms with van der Waals surface area (Å²) < 4.78 is 4.89. The molecule has 2 N–H and O–H groups in total. The zero-order valence-electron chi connectivity index (χ0n) is 11.3. The van der Waals surface area contributed by atoms with Crippen LogP contribution in [0, 0.1) is 20.2 Å². The molecular weight excluding hydrogens is 294 g/mol. The number of ether oxygens (including phenoxy) is 1. The Hall–Kier alpha value is -3.36. The van der Waals surface area contributed by atoms with Gasteiger partial charge >= 0.3 is 0 Å². The van der Waals surface area contributed by atoms with Gasteiger partial charge in [0.15, 0.2) is 11.5 Å². The highest BCUT2D eigenvalue weighted by Gasteiger charge is 2.19. The Kier molecular flexibility index (Phi) is 4.07. The highest BCUT2D eigenvalue weighted by Crippen LogP contribution is 2.34. The van der Waals surface area contributed by atoms with E-state index in [9.17, 15) is 25.3 Å². The van der Waals surface area contributed by atoms with E-state index in [0.717, 1.165) is 12.1 Å². The van der Waals surface area contributed by atoms with Gasteiger partial charge in [-0.2, -0.15) is 0 Å². The molecule has 0 atom stereocenters. The van der Waals surface area contributed by atoms with Crippen LogP contribution in [0.25, 0.3) is 0 Å². The van der Waals surface area contributed by atoms with Crippen molar-refractivity contribution in [3.8, 4) is 11.5 Å². The number of hydrogen-bond donors (Lipinski definition) is 2. The average molecular weight is 305 g/mol. The second-order valence-corrected chi connectivity index (χ2v) is 4.23. The Bertz CT molecular complexity index is 747. The number of nitrogens with one attached hydrogen (secondary N) is 1. The van der Waals surface area contributed by atoms with E-state index in [2.05, 4.69) is 5.32 Å². The Morgan fingerprint density at radius 1 is 1.09 bits per heavy atom. The summed E-state index contributed by atoms with van der Waals surface area (Å²) in [6.07, 6.45) is 0. The van der Waals surface area contributed by atoms with E-state index < -0.39 is 15.5 Å². The largest absolute Gasteiger partial charge is 0.504 e. The van der Waals surface area contributed by atoms with Gasteiger partial charge in [0, 0.05) is 17.8 Å². The Labute approximate surface area is 124 Å². The maximum absolute atomic E-state index is 11.0. The number of nitro groups is 2. The van der Waals surface area contributed by atoms with Crippen LogP contribution >= 0.6 is 0 Å². The van der Waals surface area contributed by atoms with Crippen molar-refractivity contribution in [2.24, 2.45) is 0 Å². The Morgan fingerprint density at radius 3 is 2.36 bits per heavy atom. The molecule has 114 valence electrons. The molecular formula is C13H11N3O6. The molecule has 22 heavy (non-hydrogen) atoms. The van der Waals surface area contributed by atoms with Crippen molar-refractivity contribution in [1.82, 2.24) is 0 Å². The van der Waals surface area contributed by atoms with Gasteiger partial charge in [-0.25, -0.2) is 0 Å². The molecule has 0 bridgehead atoms. The zero-order valence-corrected chi connectivity index (χ0v) is 11.3. The minimum Gasteiger partial charge on any atom is -0.504 e. The van der Waals surface area contributed by atoms with Crippen LogP contribution < -0.4 is 10.1 Å². The second-order valence-electron chi connectivity index (χ2n) is 4.23. The Morgan fingerprint density at radius 2 is 1.82 bits per heavy atom. The predicted molar refractivity (Wildman–Crippen MR) is 77.7 cm³/mol. The third kappa shape index (κ3) is 3.03. The van der Waals surface area contributed by atoms with Crippen molar-refractivity contribution in [3.63, 3.8) is 0 Å². The SMILES string of the molecule is COc1ccc(Nc2ccc([N+](=O)[O-])cc2[N+](=O)[O-])cc1O. The van der Waals surface area contributed by atoms with Crippen LogP contribution in [0.4, 0.5) is 22.7 Å². The molecule has 0 saturated carbocycles. The molecule has 0 aliphatic rings. The van der Waals surface area contributed by atoms with E-state index in [1.165, 1.54) is 25.3 Å². The number of nitro benzene ring substituents is 2. The Balaban J connectivity index is 2.38. The first-order valence-corrected chi connectivity index (χ1v) is 5.99. The van der Waals surface area contributed by atoms with Crippen molar-refractivity contribution < 1.29 is 19.7 Å². The van der Waals surface area contributed by atoms with Gasteiger partial charge in [0.25, 0.3) is 11.4 Å². The van der Waals surface area contributed by atoms with Gasteiger partial charge in [-0.1, -0.05) is 0 Å². The summed E-state index contributed by atoms with van der Waals surface area (Å²) >= 11 is 0. The first-order valence-electron chi connectivity index (χ1n) is 5.99. The van der Waals surface area contributed by atoms with E-state index >= 15 is 0 Å². The third-order valence-electron chi connectivity index (χ3n) is 2.85. The van der Waals surface area contributed by atoms with Crippen LogP contribution in [0.15, 0.2) is 36.4 Å². The van der Waals surface area contributed by atoms with E-state index in [-0.39, 0.29) is 22.9 Å². The van der Waals surface area contributed by atoms with Gasteiger partial charge in [-0.3, -0.25) is 20.2 Å². The van der Waals surface area contributed by atoms with Crippen LogP contribution in [0.2, 0.25) is 0 Å². The fraction of sp³-hybridized carbons (Fsp3) is 0.0769. The maximum atomic E-state index is 11.0. The predicted octanol–water partition coefficient (Wildman–Crippen LogP) is 2.96. The van der Waals surface area contributed by atoms with E-state index in [4.69, 9.17) is 4.74 Å². The fourth-order valence-electron chi connectivity index (χ4n) is 1.81. The van der Waals surface area contributed by atoms with Crippen molar-refractivity contribution in [2.45, 2.75) is 0 Å². The summed E-state index contributed by atoms with van der Waals surface area (Å²) in [5.41, 5.74) is -0.380. The lowest BCUT2D eigenvalue weighted by molar-refractivity contribution is -0.393. The standard InChI is InChI=1S/C13H11N3O6/c1-22-13-5-2-8(6-12(13)17)14-10-4-3-9(15(18)19)7-11(10)16(20)21/h2-7,14,17H,1H3. The molecule has 2 aromatic rings. The number of aromatic hydroxyl groups is 1. The summed E-state index contributed by atoms with van der Waals surface area (Å²) in [5, 5.41) is 34.1. The number of methoxy groups -OCH3 is 1. The van der Waals surface area contributed by atoms with Crippen LogP contribution in [0.1, 0.15) is 0 Å². The lowest BCUT2D eigenvalue weighted by atomic mass is 10.2. The first-order chi connectivity index (χ1) is 10.4. The molecule has 9 nitrogen and oxygen atoms in total. The van der Waals surface area contributed by atoms with Crippen molar-refractivity contribution in [1.29, 1.82) is 0 Å². The summed E-state index contributed by atoms with van der Waals surface area (Å²) in [6.45, 7) is 0. The highest BCUT2D eigenvalue weighted by molar-refractivity contribution is 5.72. The number of nitrogens with zero attached hydrogens (tertiary/aromatic N) is 2. The number of hydrogen-bond acceptors (Lipinski definition) is 7. The third-order valence-corrected chi connectivity index (χ3v) is 2.85. The quantitative estimate of drug-likeness (QED) is 0.641. The summed E-state index contributed by atoms with van der Waals surface area (Å²) in [7, 11) is 1.39. The molecule has 0 aliphatic carbocycles. The zero-order chi connectivity index (χ0) is 16.3. The maximum Gasteiger partial charge on any atom is 0.299 e. The van der Waals surface area contributed by atoms with E-state index in [0.29, 0.717) is 5.69 Å². The number of rotatable bonds is 5. The molecule has 0 saturated heterocycles.